The molecular weight excluding hydrogens is 590 g/mol. The quantitative estimate of drug-likeness (QED) is 0.182. The van der Waals surface area contributed by atoms with E-state index in [1.165, 1.54) is 49.9 Å². The maximum absolute atomic E-state index is 13.3. The Morgan fingerprint density at radius 3 is 2.24 bits per heavy atom. The molecule has 1 aromatic heterocycles. The van der Waals surface area contributed by atoms with E-state index in [0.29, 0.717) is 12.1 Å². The van der Waals surface area contributed by atoms with Gasteiger partial charge < -0.3 is 14.0 Å². The summed E-state index contributed by atoms with van der Waals surface area (Å²) in [6.07, 6.45) is 5.47. The molecule has 0 bridgehead atoms. The summed E-state index contributed by atoms with van der Waals surface area (Å²) in [5, 5.41) is 0. The first kappa shape index (κ1) is 30.1. The number of esters is 1. The SMILES string of the molecule is COC(=O)c1ccc(C(=O)NS(=O)(=O)c2ccc3c(c2)nc(-c2ccc(OCc4ccccc4)cc2)n3C2CCCCC2)cc1. The van der Waals surface area contributed by atoms with E-state index < -0.39 is 21.9 Å². The molecule has 1 heterocycles. The predicted molar refractivity (Wildman–Crippen MR) is 170 cm³/mol. The number of nitrogens with zero attached hydrogens (tertiary/aromatic N) is 2. The summed E-state index contributed by atoms with van der Waals surface area (Å²) >= 11 is 0. The first-order valence-electron chi connectivity index (χ1n) is 14.9. The van der Waals surface area contributed by atoms with E-state index >= 15 is 0 Å². The van der Waals surface area contributed by atoms with Crippen LogP contribution < -0.4 is 9.46 Å². The van der Waals surface area contributed by atoms with Gasteiger partial charge in [0.05, 0.1) is 28.6 Å². The molecule has 5 aromatic rings. The first-order chi connectivity index (χ1) is 21.8. The number of benzene rings is 4. The van der Waals surface area contributed by atoms with Crippen LogP contribution in [0.15, 0.2) is 102 Å². The highest BCUT2D eigenvalue weighted by Gasteiger charge is 2.25. The zero-order valence-electron chi connectivity index (χ0n) is 24.8. The third-order valence-corrected chi connectivity index (χ3v) is 9.40. The number of imidazole rings is 1. The smallest absolute Gasteiger partial charge is 0.337 e. The topological polar surface area (TPSA) is 117 Å². The molecule has 0 atom stereocenters. The second-order valence-electron chi connectivity index (χ2n) is 11.0. The Balaban J connectivity index is 1.28. The van der Waals surface area contributed by atoms with Crippen molar-refractivity contribution in [3.05, 3.63) is 114 Å². The van der Waals surface area contributed by atoms with E-state index in [9.17, 15) is 18.0 Å². The molecule has 0 radical (unpaired) electrons. The van der Waals surface area contributed by atoms with E-state index in [4.69, 9.17) is 9.72 Å². The van der Waals surface area contributed by atoms with Crippen molar-refractivity contribution >= 4 is 32.9 Å². The highest BCUT2D eigenvalue weighted by Crippen LogP contribution is 2.37. The van der Waals surface area contributed by atoms with Crippen molar-refractivity contribution < 1.29 is 27.5 Å². The van der Waals surface area contributed by atoms with Crippen molar-refractivity contribution in [1.29, 1.82) is 0 Å². The minimum absolute atomic E-state index is 0.0703. The number of methoxy groups -OCH3 is 1. The highest BCUT2D eigenvalue weighted by molar-refractivity contribution is 7.90. The van der Waals surface area contributed by atoms with Crippen LogP contribution in [0.2, 0.25) is 0 Å². The Hall–Kier alpha value is -4.96. The van der Waals surface area contributed by atoms with Gasteiger partial charge in [-0.1, -0.05) is 49.6 Å². The van der Waals surface area contributed by atoms with Gasteiger partial charge in [0.1, 0.15) is 18.2 Å². The maximum atomic E-state index is 13.3. The number of ether oxygens (including phenoxy) is 2. The summed E-state index contributed by atoms with van der Waals surface area (Å²) < 4.78 is 41.6. The lowest BCUT2D eigenvalue weighted by atomic mass is 9.95. The molecule has 0 spiro atoms. The lowest BCUT2D eigenvalue weighted by molar-refractivity contribution is 0.0600. The average molecular weight is 624 g/mol. The number of carbonyl (C=O) groups excluding carboxylic acids is 2. The summed E-state index contributed by atoms with van der Waals surface area (Å²) in [7, 11) is -2.96. The number of hydrogen-bond donors (Lipinski definition) is 1. The van der Waals surface area contributed by atoms with Gasteiger partial charge in [-0.25, -0.2) is 22.9 Å². The minimum Gasteiger partial charge on any atom is -0.489 e. The molecule has 0 unspecified atom stereocenters. The van der Waals surface area contributed by atoms with Crippen LogP contribution in [0.1, 0.15) is 64.4 Å². The Morgan fingerprint density at radius 1 is 0.867 bits per heavy atom. The van der Waals surface area contributed by atoms with Gasteiger partial charge in [-0.05, 0) is 85.1 Å². The number of aromatic nitrogens is 2. The lowest BCUT2D eigenvalue weighted by Crippen LogP contribution is -2.30. The molecule has 1 amide bonds. The zero-order valence-corrected chi connectivity index (χ0v) is 25.6. The van der Waals surface area contributed by atoms with Crippen molar-refractivity contribution in [2.45, 2.75) is 49.6 Å². The first-order valence-corrected chi connectivity index (χ1v) is 16.4. The van der Waals surface area contributed by atoms with Gasteiger partial charge in [-0.15, -0.1) is 0 Å². The molecule has 9 nitrogen and oxygen atoms in total. The molecule has 1 aliphatic rings. The van der Waals surface area contributed by atoms with Crippen LogP contribution in [-0.2, 0) is 21.4 Å². The van der Waals surface area contributed by atoms with Crippen LogP contribution in [0.4, 0.5) is 0 Å². The van der Waals surface area contributed by atoms with Crippen LogP contribution >= 0.6 is 0 Å². The van der Waals surface area contributed by atoms with Crippen molar-refractivity contribution in [2.75, 3.05) is 7.11 Å². The third kappa shape index (κ3) is 6.61. The Kier molecular flexibility index (Phi) is 8.66. The molecular formula is C35H33N3O6S. The van der Waals surface area contributed by atoms with Crippen molar-refractivity contribution in [2.24, 2.45) is 0 Å². The van der Waals surface area contributed by atoms with Crippen LogP contribution in [-0.4, -0.2) is 37.0 Å². The maximum Gasteiger partial charge on any atom is 0.337 e. The molecule has 10 heteroatoms. The molecule has 4 aromatic carbocycles. The number of fused-ring (bicyclic) bond motifs is 1. The molecule has 6 rings (SSSR count). The van der Waals surface area contributed by atoms with Crippen molar-refractivity contribution in [3.63, 3.8) is 0 Å². The fraction of sp³-hybridized carbons (Fsp3) is 0.229. The predicted octanol–water partition coefficient (Wildman–Crippen LogP) is 6.69. The molecule has 0 aliphatic heterocycles. The van der Waals surface area contributed by atoms with Gasteiger partial charge in [-0.2, -0.15) is 0 Å². The van der Waals surface area contributed by atoms with Crippen LogP contribution in [0, 0.1) is 0 Å². The summed E-state index contributed by atoms with van der Waals surface area (Å²) in [5.41, 5.74) is 3.69. The lowest BCUT2D eigenvalue weighted by Gasteiger charge is -2.25. The molecule has 0 saturated heterocycles. The summed E-state index contributed by atoms with van der Waals surface area (Å²) in [5.74, 6) is 0.138. The fourth-order valence-electron chi connectivity index (χ4n) is 5.71. The van der Waals surface area contributed by atoms with Gasteiger partial charge >= 0.3 is 5.97 Å². The Bertz CT molecular complexity index is 1930. The van der Waals surface area contributed by atoms with Crippen LogP contribution in [0.25, 0.3) is 22.4 Å². The van der Waals surface area contributed by atoms with Crippen LogP contribution in [0.5, 0.6) is 5.75 Å². The highest BCUT2D eigenvalue weighted by atomic mass is 32.2. The number of nitrogens with one attached hydrogen (secondary N) is 1. The number of amides is 1. The molecule has 1 N–H and O–H groups in total. The fourth-order valence-corrected chi connectivity index (χ4v) is 6.71. The summed E-state index contributed by atoms with van der Waals surface area (Å²) in [6.45, 7) is 0.466. The largest absolute Gasteiger partial charge is 0.489 e. The van der Waals surface area contributed by atoms with Gasteiger partial charge in [0.15, 0.2) is 0 Å². The second kappa shape index (κ2) is 13.0. The van der Waals surface area contributed by atoms with E-state index in [1.54, 1.807) is 6.07 Å². The monoisotopic (exact) mass is 623 g/mol. The Morgan fingerprint density at radius 2 is 1.56 bits per heavy atom. The van der Waals surface area contributed by atoms with Gasteiger partial charge in [0.2, 0.25) is 0 Å². The number of rotatable bonds is 9. The molecule has 45 heavy (non-hydrogen) atoms. The molecule has 1 saturated carbocycles. The standard InChI is InChI=1S/C35H33N3O6S/c1-43-35(40)27-14-12-26(13-15-27)34(39)37-45(41,42)30-20-21-32-31(22-30)36-33(38(32)28-10-6-3-7-11-28)25-16-18-29(19-17-25)44-23-24-8-4-2-5-9-24/h2,4-5,8-9,12-22,28H,3,6-7,10-11,23H2,1H3,(H,37,39). The van der Waals surface area contributed by atoms with E-state index in [-0.39, 0.29) is 22.1 Å². The van der Waals surface area contributed by atoms with Gasteiger partial charge in [0.25, 0.3) is 15.9 Å². The van der Waals surface area contributed by atoms with Gasteiger partial charge in [0, 0.05) is 17.2 Å². The van der Waals surface area contributed by atoms with E-state index in [0.717, 1.165) is 53.9 Å². The molecule has 1 aliphatic carbocycles. The molecule has 1 fully saturated rings. The normalized spacial score (nSPS) is 13.8. The van der Waals surface area contributed by atoms with Crippen LogP contribution in [0.3, 0.4) is 0 Å². The van der Waals surface area contributed by atoms with E-state index in [1.807, 2.05) is 54.6 Å². The third-order valence-electron chi connectivity index (χ3n) is 8.07. The summed E-state index contributed by atoms with van der Waals surface area (Å²) in [4.78, 5) is 29.4. The number of carbonyl (C=O) groups is 2. The minimum atomic E-state index is -4.22. The molecule has 230 valence electrons. The van der Waals surface area contributed by atoms with E-state index in [2.05, 4.69) is 14.0 Å². The average Bonchev–Trinajstić information content (AvgIpc) is 3.47. The zero-order chi connectivity index (χ0) is 31.4. The second-order valence-corrected chi connectivity index (χ2v) is 12.7. The summed E-state index contributed by atoms with van der Waals surface area (Å²) in [6, 6.07) is 28.3. The Labute approximate surface area is 261 Å². The van der Waals surface area contributed by atoms with Crippen molar-refractivity contribution in [3.8, 4) is 17.1 Å². The van der Waals surface area contributed by atoms with Crippen molar-refractivity contribution in [1.82, 2.24) is 14.3 Å². The number of sulfonamides is 1. The number of hydrogen-bond acceptors (Lipinski definition) is 7. The van der Waals surface area contributed by atoms with Gasteiger partial charge in [-0.3, -0.25) is 4.79 Å².